The molecule has 0 saturated heterocycles. The van der Waals surface area contributed by atoms with Gasteiger partial charge in [-0.15, -0.1) is 0 Å². The number of ether oxygens (including phenoxy) is 1. The van der Waals surface area contributed by atoms with Gasteiger partial charge in [0.05, 0.1) is 13.2 Å². The van der Waals surface area contributed by atoms with Gasteiger partial charge in [0, 0.05) is 24.2 Å². The lowest BCUT2D eigenvalue weighted by molar-refractivity contribution is 0.186. The Balaban J connectivity index is 3.22. The number of thioether (sulfide) groups is 1. The van der Waals surface area contributed by atoms with Crippen LogP contribution < -0.4 is 5.73 Å². The van der Waals surface area contributed by atoms with Gasteiger partial charge in [-0.05, 0) is 0 Å². The maximum absolute atomic E-state index is 8.68. The van der Waals surface area contributed by atoms with Crippen LogP contribution in [-0.2, 0) is 4.74 Å². The van der Waals surface area contributed by atoms with E-state index in [4.69, 9.17) is 15.6 Å². The second-order valence-corrected chi connectivity index (χ2v) is 4.01. The van der Waals surface area contributed by atoms with Crippen LogP contribution in [0.25, 0.3) is 0 Å². The predicted molar refractivity (Wildman–Crippen MR) is 48.9 cm³/mol. The molecule has 0 rings (SSSR count). The summed E-state index contributed by atoms with van der Waals surface area (Å²) in [6, 6.07) is 0.0824. The molecule has 0 saturated carbocycles. The van der Waals surface area contributed by atoms with Crippen LogP contribution in [0.5, 0.6) is 0 Å². The van der Waals surface area contributed by atoms with E-state index >= 15 is 0 Å². The van der Waals surface area contributed by atoms with Gasteiger partial charge in [-0.2, -0.15) is 11.8 Å². The summed E-state index contributed by atoms with van der Waals surface area (Å²) in [7, 11) is 1.64. The van der Waals surface area contributed by atoms with E-state index < -0.39 is 0 Å². The molecule has 3 N–H and O–H groups in total. The van der Waals surface area contributed by atoms with E-state index in [1.54, 1.807) is 18.9 Å². The third-order valence-corrected chi connectivity index (χ3v) is 2.57. The first-order valence-corrected chi connectivity index (χ1v) is 4.72. The van der Waals surface area contributed by atoms with E-state index in [-0.39, 0.29) is 17.9 Å². The zero-order valence-electron chi connectivity index (χ0n) is 7.12. The summed E-state index contributed by atoms with van der Waals surface area (Å²) in [6.07, 6.45) is 0. The van der Waals surface area contributed by atoms with Gasteiger partial charge in [0.1, 0.15) is 0 Å². The highest BCUT2D eigenvalue weighted by molar-refractivity contribution is 7.99. The largest absolute Gasteiger partial charge is 0.395 e. The summed E-state index contributed by atoms with van der Waals surface area (Å²) in [5, 5.41) is 8.96. The molecular formula is C7H17NO2S. The van der Waals surface area contributed by atoms with Gasteiger partial charge in [0.2, 0.25) is 0 Å². The van der Waals surface area contributed by atoms with Gasteiger partial charge in [-0.1, -0.05) is 6.92 Å². The molecule has 0 radical (unpaired) electrons. The van der Waals surface area contributed by atoms with Gasteiger partial charge in [-0.3, -0.25) is 0 Å². The molecule has 3 nitrogen and oxygen atoms in total. The summed E-state index contributed by atoms with van der Waals surface area (Å²) in [5.41, 5.74) is 5.66. The minimum Gasteiger partial charge on any atom is -0.395 e. The van der Waals surface area contributed by atoms with Gasteiger partial charge in [0.15, 0.2) is 0 Å². The lowest BCUT2D eigenvalue weighted by atomic mass is 10.4. The number of aliphatic hydroxyl groups is 1. The monoisotopic (exact) mass is 179 g/mol. The normalized spacial score (nSPS) is 16.4. The van der Waals surface area contributed by atoms with Crippen molar-refractivity contribution >= 4 is 11.8 Å². The lowest BCUT2D eigenvalue weighted by Crippen LogP contribution is -2.29. The fraction of sp³-hybridized carbons (Fsp3) is 1.00. The van der Waals surface area contributed by atoms with Crippen LogP contribution in [0.1, 0.15) is 6.92 Å². The molecule has 0 aromatic carbocycles. The molecule has 0 aliphatic heterocycles. The molecule has 0 bridgehead atoms. The van der Waals surface area contributed by atoms with E-state index in [2.05, 4.69) is 0 Å². The van der Waals surface area contributed by atoms with Crippen LogP contribution >= 0.6 is 11.8 Å². The molecule has 0 fully saturated rings. The van der Waals surface area contributed by atoms with Crippen molar-refractivity contribution in [3.8, 4) is 0 Å². The van der Waals surface area contributed by atoms with Crippen LogP contribution in [0.3, 0.4) is 0 Å². The summed E-state index contributed by atoms with van der Waals surface area (Å²) in [6.45, 7) is 2.78. The SMILES string of the molecule is COCC(N)CSC(C)CO. The second-order valence-electron chi connectivity index (χ2n) is 2.54. The highest BCUT2D eigenvalue weighted by Crippen LogP contribution is 2.09. The maximum Gasteiger partial charge on any atom is 0.0621 e. The molecule has 0 aliphatic rings. The fourth-order valence-corrected chi connectivity index (χ4v) is 1.38. The summed E-state index contributed by atoms with van der Waals surface area (Å²) < 4.78 is 4.87. The van der Waals surface area contributed by atoms with E-state index in [0.29, 0.717) is 6.61 Å². The van der Waals surface area contributed by atoms with Gasteiger partial charge >= 0.3 is 0 Å². The van der Waals surface area contributed by atoms with E-state index in [1.807, 2.05) is 6.92 Å². The summed E-state index contributed by atoms with van der Waals surface area (Å²) in [4.78, 5) is 0. The van der Waals surface area contributed by atoms with Crippen LogP contribution in [0.15, 0.2) is 0 Å². The van der Waals surface area contributed by atoms with E-state index in [9.17, 15) is 0 Å². The second kappa shape index (κ2) is 6.91. The maximum atomic E-state index is 8.68. The molecule has 0 heterocycles. The van der Waals surface area contributed by atoms with Crippen molar-refractivity contribution in [2.45, 2.75) is 18.2 Å². The third kappa shape index (κ3) is 6.62. The van der Waals surface area contributed by atoms with Crippen molar-refractivity contribution < 1.29 is 9.84 Å². The Kier molecular flexibility index (Phi) is 7.06. The van der Waals surface area contributed by atoms with Gasteiger partial charge in [-0.25, -0.2) is 0 Å². The molecule has 4 heteroatoms. The highest BCUT2D eigenvalue weighted by Gasteiger charge is 2.05. The van der Waals surface area contributed by atoms with Crippen molar-refractivity contribution in [1.82, 2.24) is 0 Å². The highest BCUT2D eigenvalue weighted by atomic mass is 32.2. The first-order valence-electron chi connectivity index (χ1n) is 3.67. The smallest absolute Gasteiger partial charge is 0.0621 e. The number of aliphatic hydroxyl groups excluding tert-OH is 1. The lowest BCUT2D eigenvalue weighted by Gasteiger charge is -2.12. The zero-order valence-corrected chi connectivity index (χ0v) is 7.93. The van der Waals surface area contributed by atoms with Crippen LogP contribution in [0.2, 0.25) is 0 Å². The first-order chi connectivity index (χ1) is 5.20. The number of methoxy groups -OCH3 is 1. The van der Waals surface area contributed by atoms with Crippen molar-refractivity contribution in [2.75, 3.05) is 26.1 Å². The minimum absolute atomic E-state index is 0.0824. The molecule has 0 spiro atoms. The van der Waals surface area contributed by atoms with Gasteiger partial charge < -0.3 is 15.6 Å². The quantitative estimate of drug-likeness (QED) is 0.606. The Morgan fingerprint density at radius 1 is 1.64 bits per heavy atom. The van der Waals surface area contributed by atoms with E-state index in [1.165, 1.54) is 0 Å². The van der Waals surface area contributed by atoms with Crippen LogP contribution in [0, 0.1) is 0 Å². The Hall–Kier alpha value is 0.230. The van der Waals surface area contributed by atoms with Crippen molar-refractivity contribution in [2.24, 2.45) is 5.73 Å². The van der Waals surface area contributed by atoms with Gasteiger partial charge in [0.25, 0.3) is 0 Å². The number of rotatable bonds is 6. The third-order valence-electron chi connectivity index (χ3n) is 1.23. The van der Waals surface area contributed by atoms with Crippen molar-refractivity contribution in [1.29, 1.82) is 0 Å². The average molecular weight is 179 g/mol. The Morgan fingerprint density at radius 2 is 2.27 bits per heavy atom. The van der Waals surface area contributed by atoms with Crippen LogP contribution in [-0.4, -0.2) is 42.5 Å². The first kappa shape index (κ1) is 11.2. The average Bonchev–Trinajstić information content (AvgIpc) is 2.01. The van der Waals surface area contributed by atoms with Crippen molar-refractivity contribution in [3.05, 3.63) is 0 Å². The van der Waals surface area contributed by atoms with E-state index in [0.717, 1.165) is 5.75 Å². The fourth-order valence-electron chi connectivity index (χ4n) is 0.603. The molecule has 0 aliphatic carbocycles. The topological polar surface area (TPSA) is 55.5 Å². The Labute approximate surface area is 72.3 Å². The molecular weight excluding hydrogens is 162 g/mol. The number of hydrogen-bond donors (Lipinski definition) is 2. The standard InChI is InChI=1S/C7H17NO2S/c1-6(3-9)11-5-7(8)4-10-2/h6-7,9H,3-5,8H2,1-2H3. The summed E-state index contributed by atoms with van der Waals surface area (Å²) in [5.74, 6) is 0.843. The summed E-state index contributed by atoms with van der Waals surface area (Å²) >= 11 is 1.67. The molecule has 0 aromatic rings. The molecule has 2 unspecified atom stereocenters. The van der Waals surface area contributed by atoms with Crippen LogP contribution in [0.4, 0.5) is 0 Å². The molecule has 0 amide bonds. The minimum atomic E-state index is 0.0824. The number of hydrogen-bond acceptors (Lipinski definition) is 4. The predicted octanol–water partition coefficient (Wildman–Crippen LogP) is 0.0741. The Bertz CT molecular complexity index is 92.5. The Morgan fingerprint density at radius 3 is 2.73 bits per heavy atom. The number of nitrogens with two attached hydrogens (primary N) is 1. The molecule has 2 atom stereocenters. The van der Waals surface area contributed by atoms with Crippen molar-refractivity contribution in [3.63, 3.8) is 0 Å². The molecule has 68 valence electrons. The molecule has 11 heavy (non-hydrogen) atoms. The zero-order chi connectivity index (χ0) is 8.69. The molecule has 0 aromatic heterocycles.